The van der Waals surface area contributed by atoms with Gasteiger partial charge in [-0.05, 0) is 42.0 Å². The molecule has 0 spiro atoms. The second-order valence-corrected chi connectivity index (χ2v) is 6.90. The number of rotatable bonds is 4. The highest BCUT2D eigenvalue weighted by atomic mass is 16.5. The van der Waals surface area contributed by atoms with Crippen molar-refractivity contribution in [2.24, 2.45) is 5.92 Å². The molecule has 0 amide bonds. The van der Waals surface area contributed by atoms with Crippen LogP contribution in [0.2, 0.25) is 0 Å². The third-order valence-corrected chi connectivity index (χ3v) is 4.92. The van der Waals surface area contributed by atoms with E-state index in [0.29, 0.717) is 12.1 Å². The minimum atomic E-state index is 0.465. The molecule has 1 N–H and O–H groups in total. The maximum absolute atomic E-state index is 5.49. The largest absolute Gasteiger partial charge is 0.493 e. The van der Waals surface area contributed by atoms with Crippen molar-refractivity contribution in [3.63, 3.8) is 0 Å². The van der Waals surface area contributed by atoms with E-state index in [1.807, 2.05) is 0 Å². The Morgan fingerprint density at radius 3 is 2.64 bits per heavy atom. The Hall–Kier alpha value is -1.26. The van der Waals surface area contributed by atoms with E-state index in [0.717, 1.165) is 43.5 Å². The standard InChI is InChI=1S/C18H28N2O2/c1-12(2)7-14-11-20-6-5-13-8-17(21-3)18(22-4)9-15(13)16(20)10-19-14/h8-9,12,14,16,19H,5-7,10-11H2,1-4H3/t14-,16+/m1/s1. The highest BCUT2D eigenvalue weighted by Crippen LogP contribution is 2.39. The molecule has 1 aromatic carbocycles. The van der Waals surface area contributed by atoms with Crippen molar-refractivity contribution < 1.29 is 9.47 Å². The smallest absolute Gasteiger partial charge is 0.161 e. The lowest BCUT2D eigenvalue weighted by molar-refractivity contribution is 0.113. The Balaban J connectivity index is 1.82. The zero-order chi connectivity index (χ0) is 15.7. The molecule has 1 fully saturated rings. The lowest BCUT2D eigenvalue weighted by Crippen LogP contribution is -2.54. The molecule has 0 radical (unpaired) electrons. The summed E-state index contributed by atoms with van der Waals surface area (Å²) in [5.74, 6) is 2.43. The van der Waals surface area contributed by atoms with Crippen molar-refractivity contribution in [3.05, 3.63) is 23.3 Å². The second kappa shape index (κ2) is 6.47. The Bertz CT molecular complexity index is 530. The first-order valence-corrected chi connectivity index (χ1v) is 8.34. The van der Waals surface area contributed by atoms with Gasteiger partial charge in [0.25, 0.3) is 0 Å². The van der Waals surface area contributed by atoms with E-state index in [-0.39, 0.29) is 0 Å². The van der Waals surface area contributed by atoms with E-state index < -0.39 is 0 Å². The number of piperazine rings is 1. The molecule has 3 rings (SSSR count). The summed E-state index contributed by atoms with van der Waals surface area (Å²) < 4.78 is 10.9. The van der Waals surface area contributed by atoms with Gasteiger partial charge in [-0.15, -0.1) is 0 Å². The van der Waals surface area contributed by atoms with Crippen LogP contribution in [0.25, 0.3) is 0 Å². The molecule has 0 unspecified atom stereocenters. The summed E-state index contributed by atoms with van der Waals surface area (Å²) in [6.07, 6.45) is 2.35. The van der Waals surface area contributed by atoms with Crippen molar-refractivity contribution >= 4 is 0 Å². The van der Waals surface area contributed by atoms with Crippen LogP contribution in [0.1, 0.15) is 37.4 Å². The summed E-state index contributed by atoms with van der Waals surface area (Å²) in [5.41, 5.74) is 2.81. The summed E-state index contributed by atoms with van der Waals surface area (Å²) in [4.78, 5) is 2.64. The van der Waals surface area contributed by atoms with Gasteiger partial charge in [-0.3, -0.25) is 4.90 Å². The van der Waals surface area contributed by atoms with Crippen LogP contribution in [0.5, 0.6) is 11.5 Å². The number of nitrogens with zero attached hydrogens (tertiary/aromatic N) is 1. The fourth-order valence-corrected chi connectivity index (χ4v) is 3.89. The lowest BCUT2D eigenvalue weighted by atomic mass is 9.88. The van der Waals surface area contributed by atoms with E-state index >= 15 is 0 Å². The molecule has 2 heterocycles. The van der Waals surface area contributed by atoms with E-state index in [4.69, 9.17) is 9.47 Å². The highest BCUT2D eigenvalue weighted by Gasteiger charge is 2.34. The number of hydrogen-bond donors (Lipinski definition) is 1. The summed E-state index contributed by atoms with van der Waals surface area (Å²) in [6.45, 7) is 7.92. The van der Waals surface area contributed by atoms with Crippen molar-refractivity contribution in [2.45, 2.75) is 38.8 Å². The van der Waals surface area contributed by atoms with Crippen LogP contribution < -0.4 is 14.8 Å². The van der Waals surface area contributed by atoms with E-state index in [1.165, 1.54) is 17.5 Å². The van der Waals surface area contributed by atoms with Crippen LogP contribution in [-0.2, 0) is 6.42 Å². The predicted molar refractivity (Wildman–Crippen MR) is 88.8 cm³/mol. The second-order valence-electron chi connectivity index (χ2n) is 6.90. The number of nitrogens with one attached hydrogen (secondary N) is 1. The Labute approximate surface area is 133 Å². The predicted octanol–water partition coefficient (Wildman–Crippen LogP) is 2.62. The van der Waals surface area contributed by atoms with Gasteiger partial charge in [-0.25, -0.2) is 0 Å². The molecule has 22 heavy (non-hydrogen) atoms. The summed E-state index contributed by atoms with van der Waals surface area (Å²) in [6, 6.07) is 5.42. The first-order chi connectivity index (χ1) is 10.6. The van der Waals surface area contributed by atoms with Crippen LogP contribution in [0.4, 0.5) is 0 Å². The molecular formula is C18H28N2O2. The molecule has 0 bridgehead atoms. The van der Waals surface area contributed by atoms with Crippen molar-refractivity contribution in [1.29, 1.82) is 0 Å². The van der Waals surface area contributed by atoms with Crippen molar-refractivity contribution in [1.82, 2.24) is 10.2 Å². The number of hydrogen-bond acceptors (Lipinski definition) is 4. The average Bonchev–Trinajstić information content (AvgIpc) is 2.52. The number of fused-ring (bicyclic) bond motifs is 3. The molecule has 2 aliphatic heterocycles. The van der Waals surface area contributed by atoms with Crippen LogP contribution in [0, 0.1) is 5.92 Å². The van der Waals surface area contributed by atoms with Gasteiger partial charge in [-0.2, -0.15) is 0 Å². The van der Waals surface area contributed by atoms with Crippen LogP contribution in [0.15, 0.2) is 12.1 Å². The molecule has 0 aliphatic carbocycles. The van der Waals surface area contributed by atoms with Gasteiger partial charge in [0.1, 0.15) is 0 Å². The average molecular weight is 304 g/mol. The van der Waals surface area contributed by atoms with E-state index in [9.17, 15) is 0 Å². The Morgan fingerprint density at radius 1 is 1.23 bits per heavy atom. The summed E-state index contributed by atoms with van der Waals surface area (Å²) in [7, 11) is 3.42. The number of methoxy groups -OCH3 is 2. The van der Waals surface area contributed by atoms with E-state index in [2.05, 4.69) is 36.2 Å². The fraction of sp³-hybridized carbons (Fsp3) is 0.667. The molecule has 1 aromatic rings. The molecule has 0 aromatic heterocycles. The molecule has 1 saturated heterocycles. The van der Waals surface area contributed by atoms with Crippen LogP contribution in [0.3, 0.4) is 0 Å². The van der Waals surface area contributed by atoms with Crippen molar-refractivity contribution in [3.8, 4) is 11.5 Å². The summed E-state index contributed by atoms with van der Waals surface area (Å²) >= 11 is 0. The van der Waals surface area contributed by atoms with Gasteiger partial charge in [-0.1, -0.05) is 13.8 Å². The van der Waals surface area contributed by atoms with Gasteiger partial charge in [0, 0.05) is 31.7 Å². The van der Waals surface area contributed by atoms with Gasteiger partial charge >= 0.3 is 0 Å². The monoisotopic (exact) mass is 304 g/mol. The summed E-state index contributed by atoms with van der Waals surface area (Å²) in [5, 5.41) is 3.74. The minimum absolute atomic E-state index is 0.465. The highest BCUT2D eigenvalue weighted by molar-refractivity contribution is 5.49. The zero-order valence-electron chi connectivity index (χ0n) is 14.2. The molecule has 122 valence electrons. The number of ether oxygens (including phenoxy) is 2. The molecule has 2 aliphatic rings. The van der Waals surface area contributed by atoms with Gasteiger partial charge < -0.3 is 14.8 Å². The van der Waals surface area contributed by atoms with Crippen molar-refractivity contribution in [2.75, 3.05) is 33.9 Å². The Kier molecular flexibility index (Phi) is 4.59. The zero-order valence-corrected chi connectivity index (χ0v) is 14.2. The molecule has 2 atom stereocenters. The number of benzene rings is 1. The Morgan fingerprint density at radius 2 is 1.95 bits per heavy atom. The maximum Gasteiger partial charge on any atom is 0.161 e. The molecule has 0 saturated carbocycles. The van der Waals surface area contributed by atoms with Gasteiger partial charge in [0.15, 0.2) is 11.5 Å². The first-order valence-electron chi connectivity index (χ1n) is 8.34. The van der Waals surface area contributed by atoms with E-state index in [1.54, 1.807) is 14.2 Å². The van der Waals surface area contributed by atoms with Crippen LogP contribution >= 0.6 is 0 Å². The third kappa shape index (κ3) is 2.95. The molecule has 4 heteroatoms. The fourth-order valence-electron chi connectivity index (χ4n) is 3.89. The van der Waals surface area contributed by atoms with Gasteiger partial charge in [0.2, 0.25) is 0 Å². The normalized spacial score (nSPS) is 24.8. The lowest BCUT2D eigenvalue weighted by Gasteiger charge is -2.44. The minimum Gasteiger partial charge on any atom is -0.493 e. The topological polar surface area (TPSA) is 33.7 Å². The molecule has 4 nitrogen and oxygen atoms in total. The maximum atomic E-state index is 5.49. The third-order valence-electron chi connectivity index (χ3n) is 4.92. The van der Waals surface area contributed by atoms with Crippen LogP contribution in [-0.4, -0.2) is 44.8 Å². The van der Waals surface area contributed by atoms with Gasteiger partial charge in [0.05, 0.1) is 14.2 Å². The quantitative estimate of drug-likeness (QED) is 0.927. The first kappa shape index (κ1) is 15.6. The molecular weight excluding hydrogens is 276 g/mol. The SMILES string of the molecule is COc1cc2c(cc1OC)[C@@H]1CN[C@H](CC(C)C)CN1CC2.